The number of rotatable bonds is 6. The van der Waals surface area contributed by atoms with Crippen LogP contribution in [0.15, 0.2) is 12.3 Å². The van der Waals surface area contributed by atoms with E-state index in [1.165, 1.54) is 12.8 Å². The molecular formula is C13H20ClN3. The summed E-state index contributed by atoms with van der Waals surface area (Å²) in [7, 11) is 1.93. The first-order valence-corrected chi connectivity index (χ1v) is 6.66. The fourth-order valence-corrected chi connectivity index (χ4v) is 2.13. The zero-order valence-corrected chi connectivity index (χ0v) is 11.3. The minimum absolute atomic E-state index is 0.741. The van der Waals surface area contributed by atoms with Crippen LogP contribution >= 0.6 is 11.6 Å². The quantitative estimate of drug-likeness (QED) is 0.845. The molecule has 1 saturated carbocycles. The van der Waals surface area contributed by atoms with Gasteiger partial charge in [-0.05, 0) is 44.4 Å². The molecule has 0 atom stereocenters. The summed E-state index contributed by atoms with van der Waals surface area (Å²) in [5.74, 6) is 1.93. The summed E-state index contributed by atoms with van der Waals surface area (Å²) >= 11 is 6.12. The lowest BCUT2D eigenvalue weighted by atomic mass is 10.2. The standard InChI is InChI=1S/C13H20ClN3/c1-3-17(9-10-4-5-10)13-6-11(7-15-2)12(14)8-16-13/h6,8,10,15H,3-5,7,9H2,1-2H3. The van der Waals surface area contributed by atoms with Crippen LogP contribution in [0.3, 0.4) is 0 Å². The molecule has 1 fully saturated rings. The molecule has 1 aromatic heterocycles. The highest BCUT2D eigenvalue weighted by Gasteiger charge is 2.24. The van der Waals surface area contributed by atoms with Crippen LogP contribution in [-0.2, 0) is 6.54 Å². The van der Waals surface area contributed by atoms with Crippen molar-refractivity contribution in [1.29, 1.82) is 0 Å². The first kappa shape index (κ1) is 12.7. The smallest absolute Gasteiger partial charge is 0.128 e. The Morgan fingerprint density at radius 3 is 2.88 bits per heavy atom. The van der Waals surface area contributed by atoms with Gasteiger partial charge in [0.25, 0.3) is 0 Å². The third kappa shape index (κ3) is 3.33. The van der Waals surface area contributed by atoms with Crippen LogP contribution in [0.5, 0.6) is 0 Å². The molecule has 0 aliphatic heterocycles. The van der Waals surface area contributed by atoms with Gasteiger partial charge in [-0.1, -0.05) is 11.6 Å². The van der Waals surface area contributed by atoms with Crippen LogP contribution in [0, 0.1) is 5.92 Å². The maximum Gasteiger partial charge on any atom is 0.128 e. The van der Waals surface area contributed by atoms with Crippen molar-refractivity contribution in [3.63, 3.8) is 0 Å². The Hall–Kier alpha value is -0.800. The first-order chi connectivity index (χ1) is 8.24. The van der Waals surface area contributed by atoms with Crippen LogP contribution < -0.4 is 10.2 Å². The Morgan fingerprint density at radius 1 is 1.53 bits per heavy atom. The van der Waals surface area contributed by atoms with Crippen molar-refractivity contribution in [2.24, 2.45) is 5.92 Å². The highest BCUT2D eigenvalue weighted by molar-refractivity contribution is 6.31. The van der Waals surface area contributed by atoms with Crippen molar-refractivity contribution >= 4 is 17.4 Å². The Bertz CT molecular complexity index is 377. The van der Waals surface area contributed by atoms with E-state index in [1.807, 2.05) is 7.05 Å². The Labute approximate surface area is 108 Å². The summed E-state index contributed by atoms with van der Waals surface area (Å²) < 4.78 is 0. The monoisotopic (exact) mass is 253 g/mol. The van der Waals surface area contributed by atoms with E-state index in [4.69, 9.17) is 11.6 Å². The van der Waals surface area contributed by atoms with Gasteiger partial charge in [0.1, 0.15) is 5.82 Å². The molecule has 0 saturated heterocycles. The lowest BCUT2D eigenvalue weighted by Crippen LogP contribution is -2.26. The molecule has 2 rings (SSSR count). The topological polar surface area (TPSA) is 28.2 Å². The average Bonchev–Trinajstić information content (AvgIpc) is 3.13. The highest BCUT2D eigenvalue weighted by Crippen LogP contribution is 2.31. The van der Waals surface area contributed by atoms with Crippen molar-refractivity contribution in [2.45, 2.75) is 26.3 Å². The van der Waals surface area contributed by atoms with Gasteiger partial charge in [0.2, 0.25) is 0 Å². The molecule has 4 heteroatoms. The summed E-state index contributed by atoms with van der Waals surface area (Å²) in [5, 5.41) is 3.87. The first-order valence-electron chi connectivity index (χ1n) is 6.28. The molecule has 17 heavy (non-hydrogen) atoms. The number of nitrogens with zero attached hydrogens (tertiary/aromatic N) is 2. The fraction of sp³-hybridized carbons (Fsp3) is 0.615. The minimum Gasteiger partial charge on any atom is -0.357 e. The average molecular weight is 254 g/mol. The molecule has 94 valence electrons. The maximum absolute atomic E-state index is 6.12. The van der Waals surface area contributed by atoms with Crippen molar-refractivity contribution in [3.05, 3.63) is 22.8 Å². The number of anilines is 1. The number of halogens is 1. The van der Waals surface area contributed by atoms with Crippen LogP contribution in [0.1, 0.15) is 25.3 Å². The second-order valence-electron chi connectivity index (χ2n) is 4.65. The molecule has 1 aliphatic carbocycles. The Balaban J connectivity index is 2.14. The van der Waals surface area contributed by atoms with Crippen molar-refractivity contribution in [3.8, 4) is 0 Å². The molecule has 0 unspecified atom stereocenters. The SMILES string of the molecule is CCN(CC1CC1)c1cc(CNC)c(Cl)cn1. The Kier molecular flexibility index (Phi) is 4.24. The molecule has 0 aromatic carbocycles. The zero-order chi connectivity index (χ0) is 12.3. The third-order valence-corrected chi connectivity index (χ3v) is 3.51. The van der Waals surface area contributed by atoms with Gasteiger partial charge in [-0.3, -0.25) is 0 Å². The van der Waals surface area contributed by atoms with Crippen LogP contribution in [0.25, 0.3) is 0 Å². The van der Waals surface area contributed by atoms with Gasteiger partial charge in [0.15, 0.2) is 0 Å². The third-order valence-electron chi connectivity index (χ3n) is 3.17. The molecule has 1 heterocycles. The molecule has 3 nitrogen and oxygen atoms in total. The number of pyridine rings is 1. The summed E-state index contributed by atoms with van der Waals surface area (Å²) in [6.45, 7) is 5.10. The van der Waals surface area contributed by atoms with Gasteiger partial charge in [-0.15, -0.1) is 0 Å². The number of aromatic nitrogens is 1. The zero-order valence-electron chi connectivity index (χ0n) is 10.5. The van der Waals surface area contributed by atoms with E-state index >= 15 is 0 Å². The largest absolute Gasteiger partial charge is 0.357 e. The van der Waals surface area contributed by atoms with E-state index in [0.29, 0.717) is 0 Å². The van der Waals surface area contributed by atoms with Crippen LogP contribution in [0.4, 0.5) is 5.82 Å². The molecule has 1 aliphatic rings. The molecule has 1 aromatic rings. The van der Waals surface area contributed by atoms with E-state index in [1.54, 1.807) is 6.20 Å². The van der Waals surface area contributed by atoms with E-state index < -0.39 is 0 Å². The molecule has 0 radical (unpaired) electrons. The van der Waals surface area contributed by atoms with Crippen LogP contribution in [0.2, 0.25) is 5.02 Å². The summed E-state index contributed by atoms with van der Waals surface area (Å²) in [4.78, 5) is 6.78. The van der Waals surface area contributed by atoms with Gasteiger partial charge in [-0.25, -0.2) is 4.98 Å². The molecule has 0 bridgehead atoms. The lowest BCUT2D eigenvalue weighted by molar-refractivity contribution is 0.729. The van der Waals surface area contributed by atoms with Gasteiger partial charge < -0.3 is 10.2 Å². The van der Waals surface area contributed by atoms with Gasteiger partial charge in [0.05, 0.1) is 5.02 Å². The maximum atomic E-state index is 6.12. The fourth-order valence-electron chi connectivity index (χ4n) is 1.96. The molecule has 0 amide bonds. The Morgan fingerprint density at radius 2 is 2.29 bits per heavy atom. The van der Waals surface area contributed by atoms with Gasteiger partial charge in [0, 0.05) is 25.8 Å². The summed E-state index contributed by atoms with van der Waals surface area (Å²) in [5.41, 5.74) is 1.12. The second-order valence-corrected chi connectivity index (χ2v) is 5.05. The number of hydrogen-bond donors (Lipinski definition) is 1. The van der Waals surface area contributed by atoms with E-state index in [-0.39, 0.29) is 0 Å². The summed E-state index contributed by atoms with van der Waals surface area (Å²) in [6, 6.07) is 2.10. The van der Waals surface area contributed by atoms with Gasteiger partial charge >= 0.3 is 0 Å². The normalized spacial score (nSPS) is 15.0. The van der Waals surface area contributed by atoms with E-state index in [9.17, 15) is 0 Å². The number of nitrogens with one attached hydrogen (secondary N) is 1. The van der Waals surface area contributed by atoms with Gasteiger partial charge in [-0.2, -0.15) is 0 Å². The van der Waals surface area contributed by atoms with E-state index in [0.717, 1.165) is 42.0 Å². The highest BCUT2D eigenvalue weighted by atomic mass is 35.5. The van der Waals surface area contributed by atoms with Crippen molar-refractivity contribution in [1.82, 2.24) is 10.3 Å². The second kappa shape index (κ2) is 5.69. The molecular weight excluding hydrogens is 234 g/mol. The lowest BCUT2D eigenvalue weighted by Gasteiger charge is -2.22. The van der Waals surface area contributed by atoms with Crippen LogP contribution in [-0.4, -0.2) is 25.1 Å². The minimum atomic E-state index is 0.741. The summed E-state index contributed by atoms with van der Waals surface area (Å²) in [6.07, 6.45) is 4.50. The predicted molar refractivity (Wildman–Crippen MR) is 72.6 cm³/mol. The van der Waals surface area contributed by atoms with Crippen molar-refractivity contribution in [2.75, 3.05) is 25.0 Å². The van der Waals surface area contributed by atoms with E-state index in [2.05, 4.69) is 28.2 Å². The predicted octanol–water partition coefficient (Wildman–Crippen LogP) is 2.69. The molecule has 1 N–H and O–H groups in total. The number of hydrogen-bond acceptors (Lipinski definition) is 3. The van der Waals surface area contributed by atoms with Crippen molar-refractivity contribution < 1.29 is 0 Å². The molecule has 0 spiro atoms.